The standard InChI is InChI=1S/3ClH.Rh/h3*1H;/q;;;+2. The van der Waals surface area contributed by atoms with Crippen LogP contribution in [0.25, 0.3) is 0 Å². The van der Waals surface area contributed by atoms with Crippen LogP contribution in [0.3, 0.4) is 0 Å². The van der Waals surface area contributed by atoms with E-state index in [0.717, 1.165) is 0 Å². The van der Waals surface area contributed by atoms with Gasteiger partial charge in [0.2, 0.25) is 0 Å². The molecule has 4 heteroatoms. The Hall–Kier alpha value is 1.49. The first-order valence-electron chi connectivity index (χ1n) is 0. The summed E-state index contributed by atoms with van der Waals surface area (Å²) in [6.07, 6.45) is 0. The summed E-state index contributed by atoms with van der Waals surface area (Å²) in [5.41, 5.74) is 0. The summed E-state index contributed by atoms with van der Waals surface area (Å²) in [7, 11) is 0. The van der Waals surface area contributed by atoms with E-state index in [0.29, 0.717) is 0 Å². The SMILES string of the molecule is Cl.Cl.Cl.[Rh+2]. The van der Waals surface area contributed by atoms with E-state index < -0.39 is 0 Å². The van der Waals surface area contributed by atoms with Gasteiger partial charge in [-0.25, -0.2) is 0 Å². The van der Waals surface area contributed by atoms with Gasteiger partial charge in [-0.15, -0.1) is 37.2 Å². The number of hydrogen-bond acceptors (Lipinski definition) is 0. The average Bonchev–Trinajstić information content (AvgIpc) is 0. The largest absolute Gasteiger partial charge is 2.00 e. The molecule has 0 heterocycles. The third kappa shape index (κ3) is 9.74. The summed E-state index contributed by atoms with van der Waals surface area (Å²) in [5.74, 6) is 0. The summed E-state index contributed by atoms with van der Waals surface area (Å²) in [5, 5.41) is 0. The smallest absolute Gasteiger partial charge is 0.147 e. The zero-order valence-corrected chi connectivity index (χ0v) is 5.65. The van der Waals surface area contributed by atoms with E-state index in [1.165, 1.54) is 0 Å². The van der Waals surface area contributed by atoms with Crippen molar-refractivity contribution in [2.45, 2.75) is 0 Å². The second-order valence-corrected chi connectivity index (χ2v) is 0. The van der Waals surface area contributed by atoms with Crippen molar-refractivity contribution in [2.75, 3.05) is 0 Å². The van der Waals surface area contributed by atoms with Crippen molar-refractivity contribution in [3.8, 4) is 0 Å². The summed E-state index contributed by atoms with van der Waals surface area (Å²) in [6, 6.07) is 0. The van der Waals surface area contributed by atoms with Crippen LogP contribution in [0, 0.1) is 0 Å². The maximum absolute atomic E-state index is 0. The molecule has 0 spiro atoms. The molecule has 0 N–H and O–H groups in total. The minimum Gasteiger partial charge on any atom is -0.147 e. The predicted molar refractivity (Wildman–Crippen MR) is 21.7 cm³/mol. The van der Waals surface area contributed by atoms with Crippen LogP contribution in [0.15, 0.2) is 0 Å². The van der Waals surface area contributed by atoms with Gasteiger partial charge in [0.15, 0.2) is 0 Å². The summed E-state index contributed by atoms with van der Waals surface area (Å²) < 4.78 is 0. The van der Waals surface area contributed by atoms with Crippen LogP contribution < -0.4 is 0 Å². The van der Waals surface area contributed by atoms with Crippen molar-refractivity contribution in [1.29, 1.82) is 0 Å². The molecular formula is H3Cl3Rh+2. The van der Waals surface area contributed by atoms with E-state index in [9.17, 15) is 0 Å². The number of rotatable bonds is 0. The van der Waals surface area contributed by atoms with Crippen LogP contribution in [-0.4, -0.2) is 0 Å². The van der Waals surface area contributed by atoms with E-state index in [4.69, 9.17) is 0 Å². The fourth-order valence-corrected chi connectivity index (χ4v) is 0. The Morgan fingerprint density at radius 2 is 0.500 bits per heavy atom. The van der Waals surface area contributed by atoms with Gasteiger partial charge < -0.3 is 0 Å². The van der Waals surface area contributed by atoms with Crippen molar-refractivity contribution >= 4 is 37.2 Å². The molecular weight excluding hydrogens is 209 g/mol. The van der Waals surface area contributed by atoms with Crippen molar-refractivity contribution < 1.29 is 19.5 Å². The monoisotopic (exact) mass is 211 g/mol. The maximum atomic E-state index is 0. The first-order chi connectivity index (χ1) is 0. The Kier molecular flexibility index (Phi) is 306. The fourth-order valence-electron chi connectivity index (χ4n) is 0. The van der Waals surface area contributed by atoms with E-state index >= 15 is 0 Å². The predicted octanol–water partition coefficient (Wildman–Crippen LogP) is 1.26. The van der Waals surface area contributed by atoms with Crippen LogP contribution in [0.2, 0.25) is 0 Å². The van der Waals surface area contributed by atoms with Crippen molar-refractivity contribution in [1.82, 2.24) is 0 Å². The van der Waals surface area contributed by atoms with Crippen molar-refractivity contribution in [2.24, 2.45) is 0 Å². The molecule has 0 atom stereocenters. The molecule has 0 amide bonds. The molecule has 0 aliphatic carbocycles. The normalized spacial score (nSPS) is 0. The van der Waals surface area contributed by atoms with Crippen LogP contribution in [0.5, 0.6) is 0 Å². The molecule has 0 saturated carbocycles. The zero-order valence-electron chi connectivity index (χ0n) is 1.56. The first-order valence-corrected chi connectivity index (χ1v) is 0. The number of halogens is 3. The summed E-state index contributed by atoms with van der Waals surface area (Å²) in [6.45, 7) is 0. The van der Waals surface area contributed by atoms with E-state index in [-0.39, 0.29) is 56.7 Å². The van der Waals surface area contributed by atoms with Gasteiger partial charge in [-0.1, -0.05) is 0 Å². The molecule has 0 nitrogen and oxygen atoms in total. The van der Waals surface area contributed by atoms with Crippen molar-refractivity contribution in [3.05, 3.63) is 0 Å². The Morgan fingerprint density at radius 3 is 0.500 bits per heavy atom. The zero-order chi connectivity index (χ0) is 0. The van der Waals surface area contributed by atoms with E-state index in [1.807, 2.05) is 0 Å². The van der Waals surface area contributed by atoms with E-state index in [2.05, 4.69) is 0 Å². The topological polar surface area (TPSA) is 0 Å². The molecule has 0 aliphatic rings. The molecule has 0 rings (SSSR count). The van der Waals surface area contributed by atoms with Gasteiger partial charge in [0.25, 0.3) is 0 Å². The van der Waals surface area contributed by atoms with Crippen molar-refractivity contribution in [3.63, 3.8) is 0 Å². The molecule has 0 unspecified atom stereocenters. The van der Waals surface area contributed by atoms with Gasteiger partial charge in [-0.2, -0.15) is 0 Å². The van der Waals surface area contributed by atoms with Gasteiger partial charge in [-0.3, -0.25) is 0 Å². The Labute approximate surface area is 56.7 Å². The van der Waals surface area contributed by atoms with Gasteiger partial charge in [-0.05, 0) is 0 Å². The fraction of sp³-hybridized carbons (Fsp3) is 0. The van der Waals surface area contributed by atoms with Crippen LogP contribution in [-0.2, 0) is 19.5 Å². The van der Waals surface area contributed by atoms with Crippen LogP contribution in [0.1, 0.15) is 0 Å². The molecule has 0 saturated heterocycles. The van der Waals surface area contributed by atoms with E-state index in [1.54, 1.807) is 0 Å². The minimum atomic E-state index is 0. The molecule has 31 valence electrons. The summed E-state index contributed by atoms with van der Waals surface area (Å²) >= 11 is 0. The Bertz CT molecular complexity index is 3.25. The molecule has 0 fully saturated rings. The quantitative estimate of drug-likeness (QED) is 0.530. The van der Waals surface area contributed by atoms with Crippen LogP contribution in [0.4, 0.5) is 0 Å². The second kappa shape index (κ2) is 24.6. The second-order valence-electron chi connectivity index (χ2n) is 0. The molecule has 1 radical (unpaired) electrons. The molecule has 0 aliphatic heterocycles. The average molecular weight is 212 g/mol. The minimum absolute atomic E-state index is 0. The third-order valence-electron chi connectivity index (χ3n) is 0. The van der Waals surface area contributed by atoms with Crippen LogP contribution >= 0.6 is 37.2 Å². The first kappa shape index (κ1) is 49.7. The van der Waals surface area contributed by atoms with Gasteiger partial charge >= 0.3 is 19.5 Å². The maximum Gasteiger partial charge on any atom is 2.00 e. The Balaban J connectivity index is 0. The number of hydrogen-bond donors (Lipinski definition) is 0. The molecule has 0 aromatic rings. The molecule has 0 aromatic carbocycles. The Morgan fingerprint density at radius 1 is 0.500 bits per heavy atom. The van der Waals surface area contributed by atoms with Gasteiger partial charge in [0.05, 0.1) is 0 Å². The third-order valence-corrected chi connectivity index (χ3v) is 0. The van der Waals surface area contributed by atoms with Gasteiger partial charge in [0.1, 0.15) is 0 Å². The summed E-state index contributed by atoms with van der Waals surface area (Å²) in [4.78, 5) is 0. The van der Waals surface area contributed by atoms with Gasteiger partial charge in [0, 0.05) is 0 Å². The molecule has 0 aromatic heterocycles. The molecule has 0 bridgehead atoms. The molecule has 4 heavy (non-hydrogen) atoms.